The largest absolute Gasteiger partial charge is 0.481 e. The van der Waals surface area contributed by atoms with E-state index in [1.807, 2.05) is 6.07 Å². The highest BCUT2D eigenvalue weighted by Gasteiger charge is 2.11. The number of hydrogen-bond acceptors (Lipinski definition) is 6. The average Bonchev–Trinajstić information content (AvgIpc) is 2.58. The van der Waals surface area contributed by atoms with Gasteiger partial charge in [-0.25, -0.2) is 0 Å². The maximum atomic E-state index is 11.9. The molecule has 0 aromatic carbocycles. The van der Waals surface area contributed by atoms with Crippen molar-refractivity contribution in [2.75, 3.05) is 45.8 Å². The van der Waals surface area contributed by atoms with Crippen LogP contribution < -0.4 is 16.0 Å². The molecule has 0 bridgehead atoms. The monoisotopic (exact) mass is 337 g/mol. The van der Waals surface area contributed by atoms with Gasteiger partial charge >= 0.3 is 5.97 Å². The molecule has 8 heteroatoms. The Morgan fingerprint density at radius 3 is 2.62 bits per heavy atom. The lowest BCUT2D eigenvalue weighted by Crippen LogP contribution is -2.46. The Kier molecular flexibility index (Phi) is 10.2. The molecule has 134 valence electrons. The summed E-state index contributed by atoms with van der Waals surface area (Å²) in [6.45, 7) is 5.79. The number of nitriles is 1. The molecule has 1 heterocycles. The summed E-state index contributed by atoms with van der Waals surface area (Å²) in [5.41, 5.74) is 0.0563. The maximum absolute atomic E-state index is 11.9. The molecule has 1 aliphatic heterocycles. The summed E-state index contributed by atoms with van der Waals surface area (Å²) in [6, 6.07) is 1.89. The van der Waals surface area contributed by atoms with Crippen molar-refractivity contribution in [2.24, 2.45) is 0 Å². The van der Waals surface area contributed by atoms with Gasteiger partial charge in [-0.05, 0) is 12.8 Å². The van der Waals surface area contributed by atoms with Crippen molar-refractivity contribution in [1.29, 1.82) is 5.26 Å². The van der Waals surface area contributed by atoms with Gasteiger partial charge in [-0.1, -0.05) is 6.42 Å². The summed E-state index contributed by atoms with van der Waals surface area (Å²) < 4.78 is 0. The van der Waals surface area contributed by atoms with E-state index in [1.54, 1.807) is 0 Å². The molecule has 0 unspecified atom stereocenters. The third-order valence-corrected chi connectivity index (χ3v) is 3.75. The molecule has 1 rings (SSSR count). The van der Waals surface area contributed by atoms with Gasteiger partial charge in [0, 0.05) is 58.4 Å². The number of nitrogens with zero attached hydrogens (tertiary/aromatic N) is 2. The second kappa shape index (κ2) is 12.3. The fraction of sp³-hybridized carbons (Fsp3) is 0.688. The number of unbranched alkanes of at least 4 members (excludes halogenated alkanes) is 2. The first-order valence-corrected chi connectivity index (χ1v) is 8.40. The molecule has 1 saturated heterocycles. The number of rotatable bonds is 11. The zero-order valence-corrected chi connectivity index (χ0v) is 14.0. The van der Waals surface area contributed by atoms with Crippen molar-refractivity contribution >= 4 is 11.9 Å². The van der Waals surface area contributed by atoms with Gasteiger partial charge in [0.2, 0.25) is 0 Å². The van der Waals surface area contributed by atoms with E-state index in [4.69, 9.17) is 10.4 Å². The molecule has 0 saturated carbocycles. The number of carbonyl (C=O) groups is 2. The Morgan fingerprint density at radius 1 is 1.21 bits per heavy atom. The smallest absolute Gasteiger partial charge is 0.303 e. The van der Waals surface area contributed by atoms with Gasteiger partial charge in [-0.2, -0.15) is 5.26 Å². The highest BCUT2D eigenvalue weighted by molar-refractivity contribution is 5.97. The van der Waals surface area contributed by atoms with Gasteiger partial charge in [0.15, 0.2) is 0 Å². The molecule has 1 aliphatic rings. The molecular weight excluding hydrogens is 310 g/mol. The second-order valence-electron chi connectivity index (χ2n) is 5.68. The van der Waals surface area contributed by atoms with E-state index in [-0.39, 0.29) is 17.9 Å². The minimum absolute atomic E-state index is 0.0563. The predicted molar refractivity (Wildman–Crippen MR) is 90.1 cm³/mol. The second-order valence-corrected chi connectivity index (χ2v) is 5.68. The number of carbonyl (C=O) groups excluding carboxylic acids is 1. The van der Waals surface area contributed by atoms with Crippen molar-refractivity contribution in [3.8, 4) is 6.07 Å². The molecule has 0 atom stereocenters. The lowest BCUT2D eigenvalue weighted by Gasteiger charge is -2.27. The van der Waals surface area contributed by atoms with E-state index >= 15 is 0 Å². The molecule has 24 heavy (non-hydrogen) atoms. The number of nitrogens with one attached hydrogen (secondary N) is 3. The summed E-state index contributed by atoms with van der Waals surface area (Å²) in [7, 11) is 0. The van der Waals surface area contributed by atoms with E-state index in [0.717, 1.165) is 45.6 Å². The van der Waals surface area contributed by atoms with Gasteiger partial charge in [0.1, 0.15) is 11.6 Å². The van der Waals surface area contributed by atoms with Crippen LogP contribution in [0.15, 0.2) is 11.8 Å². The van der Waals surface area contributed by atoms with Crippen molar-refractivity contribution in [3.05, 3.63) is 11.8 Å². The Balaban J connectivity index is 2.15. The van der Waals surface area contributed by atoms with Crippen LogP contribution in [0.25, 0.3) is 0 Å². The predicted octanol–water partition coefficient (Wildman–Crippen LogP) is -0.350. The maximum Gasteiger partial charge on any atom is 0.303 e. The molecule has 8 nitrogen and oxygen atoms in total. The van der Waals surface area contributed by atoms with E-state index in [2.05, 4.69) is 20.9 Å². The Hall–Kier alpha value is -2.11. The minimum atomic E-state index is -0.785. The molecule has 4 N–H and O–H groups in total. The van der Waals surface area contributed by atoms with Crippen LogP contribution in [0, 0.1) is 11.3 Å². The summed E-state index contributed by atoms with van der Waals surface area (Å²) in [5.74, 6) is -1.15. The molecule has 0 aromatic heterocycles. The molecule has 1 fully saturated rings. The topological polar surface area (TPSA) is 117 Å². The normalized spacial score (nSPS) is 15.5. The van der Waals surface area contributed by atoms with Crippen LogP contribution in [0.3, 0.4) is 0 Å². The zero-order chi connectivity index (χ0) is 17.6. The highest BCUT2D eigenvalue weighted by atomic mass is 16.4. The fourth-order valence-corrected chi connectivity index (χ4v) is 2.36. The van der Waals surface area contributed by atoms with Crippen molar-refractivity contribution < 1.29 is 14.7 Å². The van der Waals surface area contributed by atoms with Crippen molar-refractivity contribution in [3.63, 3.8) is 0 Å². The minimum Gasteiger partial charge on any atom is -0.481 e. The molecule has 0 aliphatic carbocycles. The first-order chi connectivity index (χ1) is 11.6. The number of hydrogen-bond donors (Lipinski definition) is 4. The van der Waals surface area contributed by atoms with E-state index in [9.17, 15) is 9.59 Å². The summed E-state index contributed by atoms with van der Waals surface area (Å²) >= 11 is 0. The lowest BCUT2D eigenvalue weighted by atomic mass is 10.2. The quantitative estimate of drug-likeness (QED) is 0.231. The average molecular weight is 337 g/mol. The fourth-order valence-electron chi connectivity index (χ4n) is 2.36. The van der Waals surface area contributed by atoms with Gasteiger partial charge in [-0.3, -0.25) is 14.5 Å². The van der Waals surface area contributed by atoms with Gasteiger partial charge in [-0.15, -0.1) is 0 Å². The summed E-state index contributed by atoms with van der Waals surface area (Å²) in [5, 5.41) is 26.5. The number of amides is 1. The molecule has 0 aromatic rings. The van der Waals surface area contributed by atoms with Crippen LogP contribution in [0.2, 0.25) is 0 Å². The lowest BCUT2D eigenvalue weighted by molar-refractivity contribution is -0.137. The number of piperazine rings is 1. The van der Waals surface area contributed by atoms with E-state index < -0.39 is 5.97 Å². The van der Waals surface area contributed by atoms with Crippen LogP contribution >= 0.6 is 0 Å². The van der Waals surface area contributed by atoms with E-state index in [1.165, 1.54) is 6.20 Å². The van der Waals surface area contributed by atoms with Crippen LogP contribution in [0.4, 0.5) is 0 Å². The molecule has 1 amide bonds. The van der Waals surface area contributed by atoms with Gasteiger partial charge < -0.3 is 21.1 Å². The Labute approximate surface area is 142 Å². The summed E-state index contributed by atoms with van der Waals surface area (Å²) in [4.78, 5) is 24.6. The van der Waals surface area contributed by atoms with Crippen LogP contribution in [0.1, 0.15) is 25.7 Å². The molecular formula is C16H27N5O3. The molecule has 0 radical (unpaired) electrons. The van der Waals surface area contributed by atoms with Crippen LogP contribution in [-0.2, 0) is 9.59 Å². The number of carboxylic acids is 1. The highest BCUT2D eigenvalue weighted by Crippen LogP contribution is 1.99. The van der Waals surface area contributed by atoms with Crippen LogP contribution in [-0.4, -0.2) is 67.7 Å². The number of carboxylic acid groups (broad SMARTS) is 1. The third-order valence-electron chi connectivity index (χ3n) is 3.75. The van der Waals surface area contributed by atoms with Crippen LogP contribution in [0.5, 0.6) is 0 Å². The summed E-state index contributed by atoms with van der Waals surface area (Å²) in [6.07, 6.45) is 3.84. The third kappa shape index (κ3) is 9.12. The van der Waals surface area contributed by atoms with Crippen molar-refractivity contribution in [2.45, 2.75) is 25.7 Å². The van der Waals surface area contributed by atoms with E-state index in [0.29, 0.717) is 19.5 Å². The Morgan fingerprint density at radius 2 is 1.96 bits per heavy atom. The molecule has 0 spiro atoms. The van der Waals surface area contributed by atoms with Gasteiger partial charge in [0.05, 0.1) is 0 Å². The standard InChI is InChI=1S/C16H27N5O3/c17-12-14(13-19-5-3-1-2-4-15(22)23)16(24)20-8-11-21-9-6-18-7-10-21/h13,18-19H,1-11H2,(H,20,24)(H,22,23)/b14-13-. The Bertz CT molecular complexity index is 467. The number of aliphatic carboxylic acids is 1. The first kappa shape index (κ1) is 19.9. The SMILES string of the molecule is N#C/C(=C/NCCCCCC(=O)O)C(=O)NCCN1CCNCC1. The zero-order valence-electron chi connectivity index (χ0n) is 14.0. The van der Waals surface area contributed by atoms with Crippen molar-refractivity contribution in [1.82, 2.24) is 20.9 Å². The first-order valence-electron chi connectivity index (χ1n) is 8.40. The van der Waals surface area contributed by atoms with Gasteiger partial charge in [0.25, 0.3) is 5.91 Å².